The number of hydrogen-bond acceptors (Lipinski definition) is 7. The van der Waals surface area contributed by atoms with Gasteiger partial charge in [0, 0.05) is 18.2 Å². The number of nitro benzene ring substituents is 2. The van der Waals surface area contributed by atoms with Gasteiger partial charge in [0.1, 0.15) is 11.5 Å². The molecule has 0 saturated carbocycles. The Morgan fingerprint density at radius 1 is 1.08 bits per heavy atom. The standard InChI is InChI=1S/C15H13N3O7/c1-24-14-6-5-11(18(22)23)8-13(14)16-15(19)9-25-12-4-2-3-10(7-12)17(20)21/h2-8H,9H2,1H3,(H,16,19). The second-order valence-electron chi connectivity index (χ2n) is 4.73. The van der Waals surface area contributed by atoms with Gasteiger partial charge in [0.25, 0.3) is 17.3 Å². The smallest absolute Gasteiger partial charge is 0.273 e. The van der Waals surface area contributed by atoms with Gasteiger partial charge >= 0.3 is 0 Å². The van der Waals surface area contributed by atoms with Gasteiger partial charge in [0.15, 0.2) is 6.61 Å². The second kappa shape index (κ2) is 7.73. The maximum Gasteiger partial charge on any atom is 0.273 e. The van der Waals surface area contributed by atoms with Gasteiger partial charge in [-0.25, -0.2) is 0 Å². The lowest BCUT2D eigenvalue weighted by Crippen LogP contribution is -2.20. The lowest BCUT2D eigenvalue weighted by molar-refractivity contribution is -0.385. The van der Waals surface area contributed by atoms with Crippen molar-refractivity contribution in [3.63, 3.8) is 0 Å². The molecule has 0 heterocycles. The average molecular weight is 347 g/mol. The zero-order valence-electron chi connectivity index (χ0n) is 13.0. The predicted octanol–water partition coefficient (Wildman–Crippen LogP) is 2.53. The third-order valence-electron chi connectivity index (χ3n) is 3.07. The van der Waals surface area contributed by atoms with Gasteiger partial charge in [-0.2, -0.15) is 0 Å². The lowest BCUT2D eigenvalue weighted by Gasteiger charge is -2.10. The first kappa shape index (κ1) is 17.7. The fraction of sp³-hybridized carbons (Fsp3) is 0.133. The van der Waals surface area contributed by atoms with Crippen molar-refractivity contribution in [2.45, 2.75) is 0 Å². The van der Waals surface area contributed by atoms with Crippen LogP contribution in [-0.2, 0) is 4.79 Å². The number of carbonyl (C=O) groups excluding carboxylic acids is 1. The van der Waals surface area contributed by atoms with Gasteiger partial charge in [-0.05, 0) is 12.1 Å². The van der Waals surface area contributed by atoms with Gasteiger partial charge in [-0.15, -0.1) is 0 Å². The minimum absolute atomic E-state index is 0.115. The van der Waals surface area contributed by atoms with Crippen LogP contribution in [-0.4, -0.2) is 29.5 Å². The molecule has 0 saturated heterocycles. The number of anilines is 1. The molecule has 0 fully saturated rings. The first-order chi connectivity index (χ1) is 11.9. The van der Waals surface area contributed by atoms with E-state index in [-0.39, 0.29) is 28.6 Å². The molecule has 1 amide bonds. The zero-order chi connectivity index (χ0) is 18.4. The topological polar surface area (TPSA) is 134 Å². The molecule has 0 aliphatic heterocycles. The zero-order valence-corrected chi connectivity index (χ0v) is 13.0. The molecule has 2 rings (SSSR count). The molecule has 10 nitrogen and oxygen atoms in total. The fourth-order valence-corrected chi connectivity index (χ4v) is 1.93. The van der Waals surface area contributed by atoms with E-state index in [0.717, 1.165) is 6.07 Å². The Labute approximate surface area is 141 Å². The van der Waals surface area contributed by atoms with Crippen LogP contribution in [0.5, 0.6) is 11.5 Å². The maximum atomic E-state index is 12.0. The molecule has 0 aromatic heterocycles. The lowest BCUT2D eigenvalue weighted by atomic mass is 10.2. The van der Waals surface area contributed by atoms with Gasteiger partial charge in [0.05, 0.1) is 28.7 Å². The molecule has 0 bridgehead atoms. The number of ether oxygens (including phenoxy) is 2. The molecule has 0 aliphatic rings. The number of benzene rings is 2. The molecule has 0 atom stereocenters. The quantitative estimate of drug-likeness (QED) is 0.600. The molecular weight excluding hydrogens is 334 g/mol. The van der Waals surface area contributed by atoms with E-state index in [1.807, 2.05) is 0 Å². The molecular formula is C15H13N3O7. The van der Waals surface area contributed by atoms with Crippen molar-refractivity contribution in [3.8, 4) is 11.5 Å². The number of carbonyl (C=O) groups is 1. The molecule has 0 unspecified atom stereocenters. The third kappa shape index (κ3) is 4.64. The van der Waals surface area contributed by atoms with Crippen molar-refractivity contribution < 1.29 is 24.1 Å². The van der Waals surface area contributed by atoms with E-state index >= 15 is 0 Å². The SMILES string of the molecule is COc1ccc([N+](=O)[O-])cc1NC(=O)COc1cccc([N+](=O)[O-])c1. The molecule has 25 heavy (non-hydrogen) atoms. The van der Waals surface area contributed by atoms with Gasteiger partial charge in [-0.3, -0.25) is 25.0 Å². The summed E-state index contributed by atoms with van der Waals surface area (Å²) in [7, 11) is 1.36. The Bertz CT molecular complexity index is 823. The summed E-state index contributed by atoms with van der Waals surface area (Å²) >= 11 is 0. The highest BCUT2D eigenvalue weighted by molar-refractivity contribution is 5.93. The molecule has 1 N–H and O–H groups in total. The van der Waals surface area contributed by atoms with Crippen LogP contribution >= 0.6 is 0 Å². The van der Waals surface area contributed by atoms with E-state index in [1.165, 1.54) is 43.5 Å². The van der Waals surface area contributed by atoms with Crippen LogP contribution < -0.4 is 14.8 Å². The molecule has 0 radical (unpaired) electrons. The molecule has 130 valence electrons. The van der Waals surface area contributed by atoms with Crippen LogP contribution in [0.15, 0.2) is 42.5 Å². The van der Waals surface area contributed by atoms with Crippen molar-refractivity contribution in [3.05, 3.63) is 62.7 Å². The number of nitrogens with zero attached hydrogens (tertiary/aromatic N) is 2. The number of nitro groups is 2. The van der Waals surface area contributed by atoms with Crippen molar-refractivity contribution in [1.29, 1.82) is 0 Å². The summed E-state index contributed by atoms with van der Waals surface area (Å²) < 4.78 is 10.2. The van der Waals surface area contributed by atoms with E-state index in [4.69, 9.17) is 9.47 Å². The molecule has 10 heteroatoms. The summed E-state index contributed by atoms with van der Waals surface area (Å²) in [5.74, 6) is -0.213. The Morgan fingerprint density at radius 3 is 2.40 bits per heavy atom. The minimum atomic E-state index is -0.606. The Balaban J connectivity index is 2.05. The number of methoxy groups -OCH3 is 1. The van der Waals surface area contributed by atoms with E-state index in [1.54, 1.807) is 0 Å². The van der Waals surface area contributed by atoms with Crippen LogP contribution in [0.3, 0.4) is 0 Å². The summed E-state index contributed by atoms with van der Waals surface area (Å²) in [5.41, 5.74) is -0.265. The number of hydrogen-bond donors (Lipinski definition) is 1. The predicted molar refractivity (Wildman–Crippen MR) is 86.9 cm³/mol. The second-order valence-corrected chi connectivity index (χ2v) is 4.73. The van der Waals surface area contributed by atoms with Crippen molar-refractivity contribution in [2.24, 2.45) is 0 Å². The normalized spacial score (nSPS) is 9.96. The van der Waals surface area contributed by atoms with E-state index in [0.29, 0.717) is 0 Å². The largest absolute Gasteiger partial charge is 0.495 e. The highest BCUT2D eigenvalue weighted by Gasteiger charge is 2.14. The minimum Gasteiger partial charge on any atom is -0.495 e. The van der Waals surface area contributed by atoms with E-state index in [2.05, 4.69) is 5.32 Å². The van der Waals surface area contributed by atoms with Crippen molar-refractivity contribution >= 4 is 23.0 Å². The molecule has 0 spiro atoms. The van der Waals surface area contributed by atoms with Gasteiger partial charge in [-0.1, -0.05) is 6.07 Å². The summed E-state index contributed by atoms with van der Waals surface area (Å²) in [6.45, 7) is -0.437. The first-order valence-electron chi connectivity index (χ1n) is 6.90. The van der Waals surface area contributed by atoms with Crippen LogP contribution in [0.1, 0.15) is 0 Å². The summed E-state index contributed by atoms with van der Waals surface area (Å²) in [6.07, 6.45) is 0. The first-order valence-corrected chi connectivity index (χ1v) is 6.90. The van der Waals surface area contributed by atoms with Gasteiger partial charge in [0.2, 0.25) is 0 Å². The van der Waals surface area contributed by atoms with Crippen molar-refractivity contribution in [1.82, 2.24) is 0 Å². The summed E-state index contributed by atoms with van der Waals surface area (Å²) in [5, 5.41) is 23.9. The average Bonchev–Trinajstić information content (AvgIpc) is 2.60. The van der Waals surface area contributed by atoms with Crippen LogP contribution in [0.2, 0.25) is 0 Å². The highest BCUT2D eigenvalue weighted by atomic mass is 16.6. The Kier molecular flexibility index (Phi) is 5.46. The Morgan fingerprint density at radius 2 is 1.76 bits per heavy atom. The fourth-order valence-electron chi connectivity index (χ4n) is 1.93. The van der Waals surface area contributed by atoms with Gasteiger partial charge < -0.3 is 14.8 Å². The van der Waals surface area contributed by atoms with E-state index < -0.39 is 22.4 Å². The summed E-state index contributed by atoms with van der Waals surface area (Å²) in [4.78, 5) is 32.3. The van der Waals surface area contributed by atoms with Crippen molar-refractivity contribution in [2.75, 3.05) is 19.0 Å². The number of non-ortho nitro benzene ring substituents is 2. The molecule has 2 aromatic carbocycles. The Hall–Kier alpha value is -3.69. The summed E-state index contributed by atoms with van der Waals surface area (Å²) in [6, 6.07) is 9.12. The van der Waals surface area contributed by atoms with Crippen LogP contribution in [0.25, 0.3) is 0 Å². The number of amides is 1. The monoisotopic (exact) mass is 347 g/mol. The number of rotatable bonds is 7. The third-order valence-corrected chi connectivity index (χ3v) is 3.07. The van der Waals surface area contributed by atoms with E-state index in [9.17, 15) is 25.0 Å². The number of nitrogens with one attached hydrogen (secondary N) is 1. The van der Waals surface area contributed by atoms with Crippen LogP contribution in [0, 0.1) is 20.2 Å². The molecule has 2 aromatic rings. The maximum absolute atomic E-state index is 12.0. The molecule has 0 aliphatic carbocycles. The van der Waals surface area contributed by atoms with Crippen LogP contribution in [0.4, 0.5) is 17.1 Å². The highest BCUT2D eigenvalue weighted by Crippen LogP contribution is 2.28.